The van der Waals surface area contributed by atoms with E-state index in [2.05, 4.69) is 15.6 Å². The molecule has 0 saturated heterocycles. The molecule has 11 heteroatoms. The van der Waals surface area contributed by atoms with Crippen LogP contribution in [0.4, 0.5) is 17.1 Å². The molecule has 1 aromatic heterocycles. The van der Waals surface area contributed by atoms with Crippen LogP contribution in [0.1, 0.15) is 35.8 Å². The van der Waals surface area contributed by atoms with Crippen molar-refractivity contribution in [1.29, 1.82) is 0 Å². The van der Waals surface area contributed by atoms with Crippen LogP contribution in [0, 0.1) is 20.2 Å². The summed E-state index contributed by atoms with van der Waals surface area (Å²) in [5.41, 5.74) is 0.660. The average Bonchev–Trinajstić information content (AvgIpc) is 3.18. The molecule has 0 fully saturated rings. The van der Waals surface area contributed by atoms with Crippen molar-refractivity contribution in [1.82, 2.24) is 15.0 Å². The van der Waals surface area contributed by atoms with Crippen molar-refractivity contribution in [2.45, 2.75) is 19.8 Å². The second-order valence-corrected chi connectivity index (χ2v) is 6.48. The zero-order valence-corrected chi connectivity index (χ0v) is 15.5. The first kappa shape index (κ1) is 19.6. The van der Waals surface area contributed by atoms with E-state index in [-0.39, 0.29) is 11.5 Å². The highest BCUT2D eigenvalue weighted by molar-refractivity contribution is 6.05. The first-order valence-corrected chi connectivity index (χ1v) is 8.52. The third-order valence-corrected chi connectivity index (χ3v) is 4.10. The molecule has 0 radical (unpaired) electrons. The number of non-ortho nitro benzene ring substituents is 2. The fourth-order valence-electron chi connectivity index (χ4n) is 2.69. The number of amides is 1. The molecule has 0 aliphatic heterocycles. The van der Waals surface area contributed by atoms with Crippen LogP contribution in [0.15, 0.2) is 48.7 Å². The lowest BCUT2D eigenvalue weighted by atomic mass is 10.1. The molecule has 0 aliphatic rings. The van der Waals surface area contributed by atoms with Crippen LogP contribution in [0.5, 0.6) is 0 Å². The summed E-state index contributed by atoms with van der Waals surface area (Å²) in [6.45, 7) is 3.99. The molecular formula is C18H16N6O5. The van der Waals surface area contributed by atoms with Gasteiger partial charge in [0, 0.05) is 17.8 Å². The van der Waals surface area contributed by atoms with Crippen molar-refractivity contribution in [3.05, 3.63) is 80.1 Å². The van der Waals surface area contributed by atoms with Crippen LogP contribution < -0.4 is 5.32 Å². The van der Waals surface area contributed by atoms with Crippen LogP contribution in [0.3, 0.4) is 0 Å². The quantitative estimate of drug-likeness (QED) is 0.496. The smallest absolute Gasteiger partial charge is 0.277 e. The van der Waals surface area contributed by atoms with Crippen molar-refractivity contribution in [3.8, 4) is 5.69 Å². The Morgan fingerprint density at radius 1 is 1.07 bits per heavy atom. The molecule has 2 aromatic carbocycles. The SMILES string of the molecule is CC(C)c1cnnn1-c1cccc(NC(=O)c2cc([N+](=O)[O-])cc([N+](=O)[O-])c2)c1. The van der Waals surface area contributed by atoms with Crippen molar-refractivity contribution < 1.29 is 14.6 Å². The lowest BCUT2D eigenvalue weighted by Gasteiger charge is -2.11. The zero-order valence-electron chi connectivity index (χ0n) is 15.5. The van der Waals surface area contributed by atoms with Crippen molar-refractivity contribution in [2.24, 2.45) is 0 Å². The van der Waals surface area contributed by atoms with Gasteiger partial charge in [-0.3, -0.25) is 25.0 Å². The van der Waals surface area contributed by atoms with E-state index in [1.165, 1.54) is 0 Å². The Bertz CT molecular complexity index is 1080. The standard InChI is InChI=1S/C18H16N6O5/c1-11(2)17-10-19-21-22(17)14-5-3-4-13(8-14)20-18(25)12-6-15(23(26)27)9-16(7-12)24(28)29/h3-11H,1-2H3,(H,20,25). The molecule has 0 atom stereocenters. The molecule has 0 aliphatic carbocycles. The molecule has 3 aromatic rings. The molecule has 3 rings (SSSR count). The summed E-state index contributed by atoms with van der Waals surface area (Å²) in [4.78, 5) is 33.0. The molecule has 148 valence electrons. The number of hydrogen-bond acceptors (Lipinski definition) is 7. The Morgan fingerprint density at radius 3 is 2.31 bits per heavy atom. The number of anilines is 1. The van der Waals surface area contributed by atoms with Gasteiger partial charge in [-0.15, -0.1) is 5.10 Å². The summed E-state index contributed by atoms with van der Waals surface area (Å²) >= 11 is 0. The summed E-state index contributed by atoms with van der Waals surface area (Å²) in [5, 5.41) is 32.6. The number of nitro benzene ring substituents is 2. The van der Waals surface area contributed by atoms with Crippen molar-refractivity contribution in [3.63, 3.8) is 0 Å². The number of nitrogens with one attached hydrogen (secondary N) is 1. The Balaban J connectivity index is 1.91. The van der Waals surface area contributed by atoms with Crippen molar-refractivity contribution >= 4 is 23.0 Å². The van der Waals surface area contributed by atoms with E-state index in [1.54, 1.807) is 35.1 Å². The Hall–Kier alpha value is -4.15. The fraction of sp³-hybridized carbons (Fsp3) is 0.167. The lowest BCUT2D eigenvalue weighted by Crippen LogP contribution is -2.13. The van der Waals surface area contributed by atoms with Gasteiger partial charge in [0.25, 0.3) is 17.3 Å². The minimum atomic E-state index is -0.789. The van der Waals surface area contributed by atoms with Gasteiger partial charge >= 0.3 is 0 Å². The Labute approximate surface area is 164 Å². The van der Waals surface area contributed by atoms with Gasteiger partial charge in [-0.05, 0) is 24.1 Å². The monoisotopic (exact) mass is 396 g/mol. The molecular weight excluding hydrogens is 380 g/mol. The fourth-order valence-corrected chi connectivity index (χ4v) is 2.69. The first-order valence-electron chi connectivity index (χ1n) is 8.52. The van der Waals surface area contributed by atoms with Gasteiger partial charge in [-0.1, -0.05) is 25.1 Å². The predicted octanol–water partition coefficient (Wildman–Crippen LogP) is 3.46. The molecule has 1 N–H and O–H groups in total. The minimum absolute atomic E-state index is 0.175. The number of hydrogen-bond donors (Lipinski definition) is 1. The summed E-state index contributed by atoms with van der Waals surface area (Å²) in [6.07, 6.45) is 1.65. The van der Waals surface area contributed by atoms with Crippen molar-refractivity contribution in [2.75, 3.05) is 5.32 Å². The second kappa shape index (κ2) is 7.84. The average molecular weight is 396 g/mol. The van der Waals surface area contributed by atoms with E-state index >= 15 is 0 Å². The summed E-state index contributed by atoms with van der Waals surface area (Å²) < 4.78 is 1.64. The number of aromatic nitrogens is 3. The van der Waals surface area contributed by atoms with Gasteiger partial charge in [0.2, 0.25) is 0 Å². The maximum atomic E-state index is 12.5. The minimum Gasteiger partial charge on any atom is -0.322 e. The van der Waals surface area contributed by atoms with E-state index in [1.807, 2.05) is 13.8 Å². The molecule has 1 amide bonds. The molecule has 1 heterocycles. The maximum Gasteiger partial charge on any atom is 0.277 e. The number of nitro groups is 2. The van der Waals surface area contributed by atoms with Gasteiger partial charge in [0.05, 0.1) is 39.1 Å². The number of carbonyl (C=O) groups is 1. The van der Waals surface area contributed by atoms with Crippen LogP contribution >= 0.6 is 0 Å². The van der Waals surface area contributed by atoms with E-state index in [0.717, 1.165) is 23.9 Å². The summed E-state index contributed by atoms with van der Waals surface area (Å²) in [7, 11) is 0. The third kappa shape index (κ3) is 4.24. The van der Waals surface area contributed by atoms with E-state index in [4.69, 9.17) is 0 Å². The molecule has 0 spiro atoms. The number of carbonyl (C=O) groups excluding carboxylic acids is 1. The Morgan fingerprint density at radius 2 is 1.72 bits per heavy atom. The van der Waals surface area contributed by atoms with Crippen LogP contribution in [-0.2, 0) is 0 Å². The van der Waals surface area contributed by atoms with Gasteiger partial charge < -0.3 is 5.32 Å². The first-order chi connectivity index (χ1) is 13.8. The third-order valence-electron chi connectivity index (χ3n) is 4.10. The highest BCUT2D eigenvalue weighted by Gasteiger charge is 2.20. The van der Waals surface area contributed by atoms with E-state index < -0.39 is 27.1 Å². The number of rotatable bonds is 6. The number of nitrogens with zero attached hydrogens (tertiary/aromatic N) is 5. The van der Waals surface area contributed by atoms with Crippen LogP contribution in [0.2, 0.25) is 0 Å². The molecule has 0 unspecified atom stereocenters. The summed E-state index contributed by atoms with van der Waals surface area (Å²) in [5.74, 6) is -0.537. The molecule has 11 nitrogen and oxygen atoms in total. The predicted molar refractivity (Wildman–Crippen MR) is 103 cm³/mol. The number of benzene rings is 2. The molecule has 0 bridgehead atoms. The normalized spacial score (nSPS) is 10.7. The Kier molecular flexibility index (Phi) is 5.30. The molecule has 29 heavy (non-hydrogen) atoms. The van der Waals surface area contributed by atoms with Crippen LogP contribution in [-0.4, -0.2) is 30.7 Å². The van der Waals surface area contributed by atoms with Gasteiger partial charge in [-0.2, -0.15) is 0 Å². The van der Waals surface area contributed by atoms with Gasteiger partial charge in [0.15, 0.2) is 0 Å². The highest BCUT2D eigenvalue weighted by atomic mass is 16.6. The van der Waals surface area contributed by atoms with Gasteiger partial charge in [-0.25, -0.2) is 4.68 Å². The van der Waals surface area contributed by atoms with E-state index in [9.17, 15) is 25.0 Å². The summed E-state index contributed by atoms with van der Waals surface area (Å²) in [6, 6.07) is 9.54. The zero-order chi connectivity index (χ0) is 21.1. The highest BCUT2D eigenvalue weighted by Crippen LogP contribution is 2.24. The second-order valence-electron chi connectivity index (χ2n) is 6.48. The van der Waals surface area contributed by atoms with E-state index in [0.29, 0.717) is 11.4 Å². The lowest BCUT2D eigenvalue weighted by molar-refractivity contribution is -0.394. The largest absolute Gasteiger partial charge is 0.322 e. The topological polar surface area (TPSA) is 146 Å². The van der Waals surface area contributed by atoms with Gasteiger partial charge in [0.1, 0.15) is 0 Å². The molecule has 0 saturated carbocycles. The van der Waals surface area contributed by atoms with Crippen LogP contribution in [0.25, 0.3) is 5.69 Å². The maximum absolute atomic E-state index is 12.5.